The molecule has 31 heavy (non-hydrogen) atoms. The minimum Gasteiger partial charge on any atom is -0.361 e. The van der Waals surface area contributed by atoms with E-state index in [0.717, 1.165) is 34.2 Å². The molecule has 158 valence electrons. The van der Waals surface area contributed by atoms with Gasteiger partial charge in [0.05, 0.1) is 5.56 Å². The molecule has 4 nitrogen and oxygen atoms in total. The van der Waals surface area contributed by atoms with Crippen LogP contribution in [0, 0.1) is 0 Å². The highest BCUT2D eigenvalue weighted by Gasteiger charge is 2.31. The zero-order valence-corrected chi connectivity index (χ0v) is 16.6. The molecule has 0 radical (unpaired) electrons. The number of aromatic amines is 1. The fourth-order valence-electron chi connectivity index (χ4n) is 3.57. The maximum Gasteiger partial charge on any atom is 0.416 e. The molecule has 4 aromatic rings. The van der Waals surface area contributed by atoms with E-state index >= 15 is 0 Å². The van der Waals surface area contributed by atoms with Gasteiger partial charge < -0.3 is 9.88 Å². The first-order valence-corrected chi connectivity index (χ1v) is 9.82. The molecule has 0 bridgehead atoms. The van der Waals surface area contributed by atoms with Crippen LogP contribution in [0.25, 0.3) is 10.9 Å². The van der Waals surface area contributed by atoms with Gasteiger partial charge in [-0.1, -0.05) is 24.3 Å². The summed E-state index contributed by atoms with van der Waals surface area (Å²) in [4.78, 5) is 22.0. The Labute approximate surface area is 177 Å². The normalized spacial score (nSPS) is 11.6. The lowest BCUT2D eigenvalue weighted by Gasteiger charge is -2.23. The Hall–Kier alpha value is -3.61. The van der Waals surface area contributed by atoms with Crippen LogP contribution in [0.2, 0.25) is 0 Å². The smallest absolute Gasteiger partial charge is 0.361 e. The molecule has 7 heteroatoms. The SMILES string of the molecule is O=C(c1cccc(C(F)(F)F)c1)N(CCc1c[nH]c2ccccc12)Cc1ccncc1. The van der Waals surface area contributed by atoms with Crippen molar-refractivity contribution in [2.75, 3.05) is 6.54 Å². The summed E-state index contributed by atoms with van der Waals surface area (Å²) in [5, 5.41) is 1.07. The van der Waals surface area contributed by atoms with Gasteiger partial charge in [0, 0.05) is 48.1 Å². The maximum atomic E-state index is 13.2. The van der Waals surface area contributed by atoms with Crippen LogP contribution in [0.15, 0.2) is 79.3 Å². The number of rotatable bonds is 6. The summed E-state index contributed by atoms with van der Waals surface area (Å²) in [7, 11) is 0. The molecule has 1 N–H and O–H groups in total. The molecular weight excluding hydrogens is 403 g/mol. The van der Waals surface area contributed by atoms with Gasteiger partial charge in [0.1, 0.15) is 0 Å². The number of halogens is 3. The molecule has 0 fully saturated rings. The Kier molecular flexibility index (Phi) is 5.75. The molecule has 2 aromatic carbocycles. The minimum absolute atomic E-state index is 0.0165. The number of pyridine rings is 1. The van der Waals surface area contributed by atoms with Crippen molar-refractivity contribution in [3.05, 3.63) is 102 Å². The Morgan fingerprint density at radius 3 is 2.55 bits per heavy atom. The van der Waals surface area contributed by atoms with Crippen LogP contribution in [0.3, 0.4) is 0 Å². The van der Waals surface area contributed by atoms with Crippen molar-refractivity contribution in [1.29, 1.82) is 0 Å². The number of carbonyl (C=O) groups excluding carboxylic acids is 1. The van der Waals surface area contributed by atoms with Gasteiger partial charge in [0.15, 0.2) is 0 Å². The molecule has 2 heterocycles. The number of nitrogens with one attached hydrogen (secondary N) is 1. The molecule has 0 saturated heterocycles. The van der Waals surface area contributed by atoms with E-state index in [0.29, 0.717) is 13.0 Å². The number of aromatic nitrogens is 2. The summed E-state index contributed by atoms with van der Waals surface area (Å²) in [6.07, 6.45) is 1.23. The monoisotopic (exact) mass is 423 g/mol. The summed E-state index contributed by atoms with van der Waals surface area (Å²) >= 11 is 0. The molecule has 2 aromatic heterocycles. The number of alkyl halides is 3. The van der Waals surface area contributed by atoms with Crippen LogP contribution in [-0.4, -0.2) is 27.3 Å². The molecule has 0 atom stereocenters. The Morgan fingerprint density at radius 1 is 1.00 bits per heavy atom. The van der Waals surface area contributed by atoms with Crippen molar-refractivity contribution in [2.24, 2.45) is 0 Å². The van der Waals surface area contributed by atoms with Crippen molar-refractivity contribution >= 4 is 16.8 Å². The van der Waals surface area contributed by atoms with Gasteiger partial charge in [-0.05, 0) is 53.9 Å². The van der Waals surface area contributed by atoms with Crippen molar-refractivity contribution < 1.29 is 18.0 Å². The number of benzene rings is 2. The number of H-pyrrole nitrogens is 1. The van der Waals surface area contributed by atoms with E-state index < -0.39 is 17.6 Å². The van der Waals surface area contributed by atoms with E-state index in [1.165, 1.54) is 12.1 Å². The molecule has 1 amide bonds. The summed E-state index contributed by atoms with van der Waals surface area (Å²) in [6.45, 7) is 0.638. The minimum atomic E-state index is -4.50. The van der Waals surface area contributed by atoms with E-state index in [1.54, 1.807) is 29.4 Å². The van der Waals surface area contributed by atoms with Crippen molar-refractivity contribution in [3.8, 4) is 0 Å². The summed E-state index contributed by atoms with van der Waals surface area (Å²) < 4.78 is 39.4. The van der Waals surface area contributed by atoms with Crippen LogP contribution in [0.1, 0.15) is 27.0 Å². The number of para-hydroxylation sites is 1. The zero-order chi connectivity index (χ0) is 21.8. The summed E-state index contributed by atoms with van der Waals surface area (Å²) in [5.41, 5.74) is 2.09. The molecule has 0 aliphatic heterocycles. The van der Waals surface area contributed by atoms with Gasteiger partial charge in [-0.15, -0.1) is 0 Å². The van der Waals surface area contributed by atoms with E-state index in [4.69, 9.17) is 0 Å². The van der Waals surface area contributed by atoms with Gasteiger partial charge in [-0.25, -0.2) is 0 Å². The van der Waals surface area contributed by atoms with Crippen LogP contribution in [0.5, 0.6) is 0 Å². The third kappa shape index (κ3) is 4.77. The standard InChI is InChI=1S/C24H20F3N3O/c25-24(26,27)20-5-3-4-18(14-20)23(31)30(16-17-8-11-28-12-9-17)13-10-19-15-29-22-7-2-1-6-21(19)22/h1-9,11-12,14-15,29H,10,13,16H2. The maximum absolute atomic E-state index is 13.2. The highest BCUT2D eigenvalue weighted by atomic mass is 19.4. The van der Waals surface area contributed by atoms with Gasteiger partial charge in [0.2, 0.25) is 0 Å². The predicted octanol–water partition coefficient (Wildman–Crippen LogP) is 5.47. The van der Waals surface area contributed by atoms with Crippen LogP contribution in [0.4, 0.5) is 13.2 Å². The van der Waals surface area contributed by atoms with E-state index in [2.05, 4.69) is 9.97 Å². The molecule has 0 aliphatic rings. The number of hydrogen-bond donors (Lipinski definition) is 1. The highest BCUT2D eigenvalue weighted by molar-refractivity contribution is 5.94. The molecular formula is C24H20F3N3O. The molecule has 0 unspecified atom stereocenters. The summed E-state index contributed by atoms with van der Waals surface area (Å²) in [6, 6.07) is 16.0. The van der Waals surface area contributed by atoms with Gasteiger partial charge >= 0.3 is 6.18 Å². The van der Waals surface area contributed by atoms with Crippen molar-refractivity contribution in [3.63, 3.8) is 0 Å². The quantitative estimate of drug-likeness (QED) is 0.447. The number of fused-ring (bicyclic) bond motifs is 1. The number of carbonyl (C=O) groups is 1. The van der Waals surface area contributed by atoms with Crippen LogP contribution >= 0.6 is 0 Å². The molecule has 0 spiro atoms. The van der Waals surface area contributed by atoms with Gasteiger partial charge in [-0.3, -0.25) is 9.78 Å². The third-order valence-corrected chi connectivity index (χ3v) is 5.17. The lowest BCUT2D eigenvalue weighted by Crippen LogP contribution is -2.32. The first-order chi connectivity index (χ1) is 14.9. The highest BCUT2D eigenvalue weighted by Crippen LogP contribution is 2.30. The zero-order valence-electron chi connectivity index (χ0n) is 16.6. The topological polar surface area (TPSA) is 49.0 Å². The van der Waals surface area contributed by atoms with E-state index in [1.807, 2.05) is 30.5 Å². The Balaban J connectivity index is 1.60. The van der Waals surface area contributed by atoms with E-state index in [9.17, 15) is 18.0 Å². The largest absolute Gasteiger partial charge is 0.416 e. The molecule has 0 aliphatic carbocycles. The number of amides is 1. The van der Waals surface area contributed by atoms with Crippen LogP contribution < -0.4 is 0 Å². The lowest BCUT2D eigenvalue weighted by molar-refractivity contribution is -0.137. The predicted molar refractivity (Wildman–Crippen MR) is 112 cm³/mol. The first kappa shape index (κ1) is 20.7. The number of hydrogen-bond acceptors (Lipinski definition) is 2. The lowest BCUT2D eigenvalue weighted by atomic mass is 10.1. The third-order valence-electron chi connectivity index (χ3n) is 5.17. The molecule has 4 rings (SSSR count). The molecule has 0 saturated carbocycles. The average Bonchev–Trinajstić information content (AvgIpc) is 3.19. The van der Waals surface area contributed by atoms with Gasteiger partial charge in [-0.2, -0.15) is 13.2 Å². The Bertz CT molecular complexity index is 1190. The average molecular weight is 423 g/mol. The Morgan fingerprint density at radius 2 is 1.77 bits per heavy atom. The van der Waals surface area contributed by atoms with Crippen LogP contribution in [-0.2, 0) is 19.1 Å². The fraction of sp³-hybridized carbons (Fsp3) is 0.167. The second kappa shape index (κ2) is 8.63. The fourth-order valence-corrected chi connectivity index (χ4v) is 3.57. The summed E-state index contributed by atoms with van der Waals surface area (Å²) in [5.74, 6) is -0.442. The second-order valence-electron chi connectivity index (χ2n) is 7.27. The van der Waals surface area contributed by atoms with Crippen molar-refractivity contribution in [2.45, 2.75) is 19.1 Å². The number of nitrogens with zero attached hydrogens (tertiary/aromatic N) is 2. The second-order valence-corrected chi connectivity index (χ2v) is 7.27. The van der Waals surface area contributed by atoms with E-state index in [-0.39, 0.29) is 12.1 Å². The van der Waals surface area contributed by atoms with Crippen molar-refractivity contribution in [1.82, 2.24) is 14.9 Å². The first-order valence-electron chi connectivity index (χ1n) is 9.82. The van der Waals surface area contributed by atoms with Gasteiger partial charge in [0.25, 0.3) is 5.91 Å².